The zero-order valence-electron chi connectivity index (χ0n) is 16.2. The van der Waals surface area contributed by atoms with Crippen molar-refractivity contribution in [3.8, 4) is 11.5 Å². The van der Waals surface area contributed by atoms with Gasteiger partial charge in [-0.25, -0.2) is 4.98 Å². The van der Waals surface area contributed by atoms with Gasteiger partial charge in [-0.3, -0.25) is 9.69 Å². The molecule has 5 nitrogen and oxygen atoms in total. The first kappa shape index (κ1) is 18.9. The molecule has 1 N–H and O–H groups in total. The molecular weight excluding hydrogens is 338 g/mol. The van der Waals surface area contributed by atoms with Crippen LogP contribution in [0.2, 0.25) is 0 Å². The topological polar surface area (TPSA) is 58.4 Å². The lowest BCUT2D eigenvalue weighted by molar-refractivity contribution is -0.117. The van der Waals surface area contributed by atoms with E-state index in [9.17, 15) is 4.79 Å². The second-order valence-corrected chi connectivity index (χ2v) is 7.00. The molecule has 1 aromatic heterocycles. The number of hydrogen-bond acceptors (Lipinski definition) is 4. The van der Waals surface area contributed by atoms with Crippen LogP contribution in [-0.2, 0) is 11.3 Å². The van der Waals surface area contributed by atoms with Gasteiger partial charge in [0.1, 0.15) is 6.26 Å². The van der Waals surface area contributed by atoms with Gasteiger partial charge in [-0.1, -0.05) is 35.9 Å². The molecule has 0 unspecified atom stereocenters. The minimum absolute atomic E-state index is 0.0423. The zero-order valence-corrected chi connectivity index (χ0v) is 16.2. The number of nitrogens with zero attached hydrogens (tertiary/aromatic N) is 2. The van der Waals surface area contributed by atoms with Crippen LogP contribution in [-0.4, -0.2) is 29.4 Å². The van der Waals surface area contributed by atoms with E-state index in [1.807, 2.05) is 56.1 Å². The van der Waals surface area contributed by atoms with E-state index in [2.05, 4.69) is 29.4 Å². The maximum atomic E-state index is 12.4. The number of nitrogens with one attached hydrogen (secondary N) is 1. The fourth-order valence-electron chi connectivity index (χ4n) is 3.23. The van der Waals surface area contributed by atoms with Gasteiger partial charge in [0.25, 0.3) is 0 Å². The van der Waals surface area contributed by atoms with Crippen LogP contribution in [0.4, 0.5) is 5.69 Å². The van der Waals surface area contributed by atoms with E-state index in [1.165, 1.54) is 5.56 Å². The van der Waals surface area contributed by atoms with Gasteiger partial charge in [-0.15, -0.1) is 0 Å². The molecule has 0 bridgehead atoms. The Balaban J connectivity index is 1.59. The van der Waals surface area contributed by atoms with Crippen LogP contribution in [0, 0.1) is 20.8 Å². The predicted molar refractivity (Wildman–Crippen MR) is 108 cm³/mol. The van der Waals surface area contributed by atoms with Crippen LogP contribution in [0.1, 0.15) is 22.4 Å². The lowest BCUT2D eigenvalue weighted by Gasteiger charge is -2.17. The van der Waals surface area contributed by atoms with Crippen molar-refractivity contribution in [3.05, 3.63) is 71.1 Å². The summed E-state index contributed by atoms with van der Waals surface area (Å²) in [7, 11) is 1.89. The average molecular weight is 363 g/mol. The Morgan fingerprint density at radius 2 is 1.78 bits per heavy atom. The summed E-state index contributed by atoms with van der Waals surface area (Å²) in [6.07, 6.45) is 1.64. The summed E-state index contributed by atoms with van der Waals surface area (Å²) in [6, 6.07) is 13.9. The third-order valence-electron chi connectivity index (χ3n) is 4.36. The van der Waals surface area contributed by atoms with Crippen LogP contribution in [0.25, 0.3) is 11.5 Å². The quantitative estimate of drug-likeness (QED) is 0.708. The van der Waals surface area contributed by atoms with Gasteiger partial charge >= 0.3 is 0 Å². The van der Waals surface area contributed by atoms with E-state index in [0.717, 1.165) is 28.1 Å². The number of carbonyl (C=O) groups excluding carboxylic acids is 1. The second-order valence-electron chi connectivity index (χ2n) is 7.00. The lowest BCUT2D eigenvalue weighted by Crippen LogP contribution is -2.30. The highest BCUT2D eigenvalue weighted by atomic mass is 16.3. The maximum absolute atomic E-state index is 12.4. The monoisotopic (exact) mass is 363 g/mol. The summed E-state index contributed by atoms with van der Waals surface area (Å²) >= 11 is 0. The van der Waals surface area contributed by atoms with E-state index in [1.54, 1.807) is 6.26 Å². The molecule has 2 aromatic carbocycles. The molecule has 0 saturated carbocycles. The number of hydrogen-bond donors (Lipinski definition) is 1. The van der Waals surface area contributed by atoms with E-state index in [-0.39, 0.29) is 12.5 Å². The molecule has 5 heteroatoms. The van der Waals surface area contributed by atoms with Crippen LogP contribution < -0.4 is 5.32 Å². The van der Waals surface area contributed by atoms with E-state index < -0.39 is 0 Å². The number of aryl methyl sites for hydroxylation is 3. The molecule has 0 fully saturated rings. The fourth-order valence-corrected chi connectivity index (χ4v) is 3.23. The highest BCUT2D eigenvalue weighted by molar-refractivity contribution is 5.93. The van der Waals surface area contributed by atoms with Gasteiger partial charge in [0.05, 0.1) is 12.2 Å². The first-order valence-corrected chi connectivity index (χ1v) is 8.98. The molecule has 27 heavy (non-hydrogen) atoms. The third kappa shape index (κ3) is 4.83. The van der Waals surface area contributed by atoms with Gasteiger partial charge in [0.15, 0.2) is 0 Å². The third-order valence-corrected chi connectivity index (χ3v) is 4.36. The van der Waals surface area contributed by atoms with Gasteiger partial charge in [0.2, 0.25) is 11.8 Å². The summed E-state index contributed by atoms with van der Waals surface area (Å²) in [5.74, 6) is 0.550. The molecule has 0 aliphatic rings. The zero-order chi connectivity index (χ0) is 19.4. The van der Waals surface area contributed by atoms with Crippen molar-refractivity contribution in [2.45, 2.75) is 27.3 Å². The largest absolute Gasteiger partial charge is 0.444 e. The summed E-state index contributed by atoms with van der Waals surface area (Å²) in [5.41, 5.74) is 5.98. The molecule has 0 aliphatic heterocycles. The molecule has 1 heterocycles. The number of likely N-dealkylation sites (N-methyl/N-ethyl adjacent to an activating group) is 1. The Morgan fingerprint density at radius 1 is 1.11 bits per heavy atom. The van der Waals surface area contributed by atoms with Crippen molar-refractivity contribution in [1.82, 2.24) is 9.88 Å². The Kier molecular flexibility index (Phi) is 5.72. The summed E-state index contributed by atoms with van der Waals surface area (Å²) < 4.78 is 5.56. The van der Waals surface area contributed by atoms with Gasteiger partial charge in [-0.2, -0.15) is 0 Å². The molecule has 0 radical (unpaired) electrons. The lowest BCUT2D eigenvalue weighted by atomic mass is 10.1. The van der Waals surface area contributed by atoms with Crippen molar-refractivity contribution in [2.24, 2.45) is 0 Å². The SMILES string of the molecule is Cc1cc(C)c(NC(=O)CN(C)Cc2coc(-c3ccccc3)n2)c(C)c1. The van der Waals surface area contributed by atoms with E-state index in [0.29, 0.717) is 12.4 Å². The van der Waals surface area contributed by atoms with Crippen molar-refractivity contribution in [3.63, 3.8) is 0 Å². The first-order chi connectivity index (χ1) is 12.9. The van der Waals surface area contributed by atoms with E-state index >= 15 is 0 Å². The van der Waals surface area contributed by atoms with Crippen molar-refractivity contribution < 1.29 is 9.21 Å². The Bertz CT molecular complexity index is 909. The normalized spacial score (nSPS) is 11.0. The highest BCUT2D eigenvalue weighted by Crippen LogP contribution is 2.22. The van der Waals surface area contributed by atoms with Crippen molar-refractivity contribution in [2.75, 3.05) is 18.9 Å². The van der Waals surface area contributed by atoms with E-state index in [4.69, 9.17) is 4.42 Å². The van der Waals surface area contributed by atoms with Crippen molar-refractivity contribution >= 4 is 11.6 Å². The van der Waals surface area contributed by atoms with Crippen LogP contribution in [0.5, 0.6) is 0 Å². The molecule has 3 rings (SSSR count). The summed E-state index contributed by atoms with van der Waals surface area (Å²) in [4.78, 5) is 18.9. The molecule has 1 amide bonds. The Morgan fingerprint density at radius 3 is 2.44 bits per heavy atom. The van der Waals surface area contributed by atoms with Crippen LogP contribution >= 0.6 is 0 Å². The number of aromatic nitrogens is 1. The predicted octanol–water partition coefficient (Wildman–Crippen LogP) is 4.34. The van der Waals surface area contributed by atoms with Gasteiger partial charge in [-0.05, 0) is 51.1 Å². The number of benzene rings is 2. The Hall–Kier alpha value is -2.92. The molecule has 140 valence electrons. The molecule has 0 spiro atoms. The minimum Gasteiger partial charge on any atom is -0.444 e. The average Bonchev–Trinajstić information content (AvgIpc) is 3.07. The maximum Gasteiger partial charge on any atom is 0.238 e. The molecule has 3 aromatic rings. The number of oxazole rings is 1. The van der Waals surface area contributed by atoms with Gasteiger partial charge in [0, 0.05) is 17.8 Å². The van der Waals surface area contributed by atoms with Crippen LogP contribution in [0.15, 0.2) is 53.1 Å². The standard InChI is InChI=1S/C22H25N3O2/c1-15-10-16(2)21(17(3)11-15)24-20(26)13-25(4)12-19-14-27-22(23-19)18-8-6-5-7-9-18/h5-11,14H,12-13H2,1-4H3,(H,24,26). The van der Waals surface area contributed by atoms with Gasteiger partial charge < -0.3 is 9.73 Å². The second kappa shape index (κ2) is 8.18. The minimum atomic E-state index is -0.0423. The molecule has 0 saturated heterocycles. The number of anilines is 1. The molecular formula is C22H25N3O2. The van der Waals surface area contributed by atoms with Crippen LogP contribution in [0.3, 0.4) is 0 Å². The number of carbonyl (C=O) groups is 1. The fraction of sp³-hybridized carbons (Fsp3) is 0.273. The molecule has 0 aliphatic carbocycles. The number of rotatable bonds is 6. The smallest absolute Gasteiger partial charge is 0.238 e. The van der Waals surface area contributed by atoms with Crippen molar-refractivity contribution in [1.29, 1.82) is 0 Å². The summed E-state index contributed by atoms with van der Waals surface area (Å²) in [5, 5.41) is 3.03. The Labute approximate surface area is 160 Å². The molecule has 0 atom stereocenters. The highest BCUT2D eigenvalue weighted by Gasteiger charge is 2.13. The number of amides is 1. The summed E-state index contributed by atoms with van der Waals surface area (Å²) in [6.45, 7) is 6.90. The first-order valence-electron chi connectivity index (χ1n) is 8.98.